The lowest BCUT2D eigenvalue weighted by Gasteiger charge is -2.15. The van der Waals surface area contributed by atoms with Gasteiger partial charge in [-0.25, -0.2) is 19.3 Å². The van der Waals surface area contributed by atoms with Crippen LogP contribution in [-0.4, -0.2) is 37.2 Å². The van der Waals surface area contributed by atoms with E-state index in [0.717, 1.165) is 37.0 Å². The minimum atomic E-state index is -4.42. The molecule has 1 aromatic carbocycles. The van der Waals surface area contributed by atoms with Gasteiger partial charge in [0.2, 0.25) is 17.0 Å². The van der Waals surface area contributed by atoms with E-state index in [1.807, 2.05) is 5.38 Å². The van der Waals surface area contributed by atoms with Gasteiger partial charge in [0.15, 0.2) is 0 Å². The molecule has 0 aliphatic heterocycles. The molecule has 1 fully saturated rings. The molecular weight excluding hydrogens is 539 g/mol. The van der Waals surface area contributed by atoms with E-state index < -0.39 is 23.0 Å². The maximum atomic E-state index is 13.4. The predicted molar refractivity (Wildman–Crippen MR) is 139 cm³/mol. The number of aromatic nitrogens is 3. The molecule has 5 rings (SSSR count). The minimum Gasteiger partial charge on any atom is -0.367 e. The van der Waals surface area contributed by atoms with Crippen molar-refractivity contribution in [2.24, 2.45) is 11.1 Å². The number of nitrogens with two attached hydrogens (primary N) is 1. The largest absolute Gasteiger partial charge is 0.416 e. The van der Waals surface area contributed by atoms with Gasteiger partial charge >= 0.3 is 6.18 Å². The highest BCUT2D eigenvalue weighted by molar-refractivity contribution is 7.77. The smallest absolute Gasteiger partial charge is 0.367 e. The van der Waals surface area contributed by atoms with Gasteiger partial charge in [0.1, 0.15) is 12.1 Å². The van der Waals surface area contributed by atoms with Crippen molar-refractivity contribution in [3.05, 3.63) is 76.0 Å². The molecule has 3 heterocycles. The molecule has 3 aromatic heterocycles. The number of carbonyl (C=O) groups excluding carboxylic acids is 1. The summed E-state index contributed by atoms with van der Waals surface area (Å²) in [6.07, 6.45) is 2.64. The highest BCUT2D eigenvalue weighted by Gasteiger charge is 2.31. The van der Waals surface area contributed by atoms with Gasteiger partial charge in [-0.2, -0.15) is 13.2 Å². The fourth-order valence-electron chi connectivity index (χ4n) is 4.73. The first kappa shape index (κ1) is 26.5. The summed E-state index contributed by atoms with van der Waals surface area (Å²) in [5.74, 6) is 0.403. The number of fused-ring (bicyclic) bond motifs is 1. The SMILES string of the molecule is NS(=O)OCC1CCC(Nc2ncncc2C(=O)c2cc(Cn3ccc4ccc(C(F)(F)F)cc43)cs2)C1. The Labute approximate surface area is 222 Å². The van der Waals surface area contributed by atoms with Gasteiger partial charge in [-0.1, -0.05) is 6.07 Å². The molecule has 0 amide bonds. The summed E-state index contributed by atoms with van der Waals surface area (Å²) >= 11 is -0.529. The summed E-state index contributed by atoms with van der Waals surface area (Å²) in [5.41, 5.74) is 0.908. The Hall–Kier alpha value is -3.13. The normalized spacial score (nSPS) is 18.6. The van der Waals surface area contributed by atoms with E-state index >= 15 is 0 Å². The fraction of sp³-hybridized carbons (Fsp3) is 0.320. The average molecular weight is 564 g/mol. The molecule has 38 heavy (non-hydrogen) atoms. The van der Waals surface area contributed by atoms with Crippen LogP contribution in [0.15, 0.2) is 54.4 Å². The van der Waals surface area contributed by atoms with Crippen LogP contribution in [-0.2, 0) is 28.2 Å². The molecule has 1 aliphatic rings. The second-order valence-corrected chi connectivity index (χ2v) is 10.9. The van der Waals surface area contributed by atoms with Crippen LogP contribution in [0.5, 0.6) is 0 Å². The molecule has 0 radical (unpaired) electrons. The quantitative estimate of drug-likeness (QED) is 0.280. The number of hydrogen-bond donors (Lipinski definition) is 2. The molecule has 0 saturated heterocycles. The second-order valence-electron chi connectivity index (χ2n) is 9.21. The van der Waals surface area contributed by atoms with E-state index in [9.17, 15) is 22.2 Å². The number of hydrogen-bond acceptors (Lipinski definition) is 7. The molecule has 0 spiro atoms. The Morgan fingerprint density at radius 2 is 2.11 bits per heavy atom. The van der Waals surface area contributed by atoms with E-state index in [2.05, 4.69) is 15.3 Å². The Bertz CT molecular complexity index is 1490. The van der Waals surface area contributed by atoms with Gasteiger partial charge in [0.05, 0.1) is 22.6 Å². The number of ketones is 1. The zero-order chi connectivity index (χ0) is 26.9. The zero-order valence-electron chi connectivity index (χ0n) is 20.0. The number of halogens is 3. The van der Waals surface area contributed by atoms with Crippen molar-refractivity contribution in [2.75, 3.05) is 11.9 Å². The number of anilines is 1. The first-order chi connectivity index (χ1) is 18.2. The molecule has 3 unspecified atom stereocenters. The molecule has 0 bridgehead atoms. The molecule has 3 atom stereocenters. The number of benzene rings is 1. The highest BCUT2D eigenvalue weighted by atomic mass is 32.2. The summed E-state index contributed by atoms with van der Waals surface area (Å²) in [5, 5.41) is 11.0. The molecule has 4 aromatic rings. The lowest BCUT2D eigenvalue weighted by Crippen LogP contribution is -2.20. The Morgan fingerprint density at radius 1 is 1.26 bits per heavy atom. The van der Waals surface area contributed by atoms with Crippen molar-refractivity contribution in [3.8, 4) is 0 Å². The summed E-state index contributed by atoms with van der Waals surface area (Å²) in [4.78, 5) is 22.1. The van der Waals surface area contributed by atoms with Crippen LogP contribution < -0.4 is 10.5 Å². The van der Waals surface area contributed by atoms with Crippen LogP contribution in [0.3, 0.4) is 0 Å². The van der Waals surface area contributed by atoms with Crippen LogP contribution >= 0.6 is 11.3 Å². The van der Waals surface area contributed by atoms with Gasteiger partial charge < -0.3 is 9.88 Å². The molecule has 8 nitrogen and oxygen atoms in total. The fourth-order valence-corrected chi connectivity index (χ4v) is 5.91. The van der Waals surface area contributed by atoms with Gasteiger partial charge in [-0.05, 0) is 65.8 Å². The maximum Gasteiger partial charge on any atom is 0.416 e. The molecule has 13 heteroatoms. The van der Waals surface area contributed by atoms with Crippen LogP contribution in [0.25, 0.3) is 10.9 Å². The summed E-state index contributed by atoms with van der Waals surface area (Å²) in [7, 11) is 0. The van der Waals surface area contributed by atoms with Crippen molar-refractivity contribution in [1.82, 2.24) is 14.5 Å². The van der Waals surface area contributed by atoms with E-state index in [4.69, 9.17) is 9.32 Å². The van der Waals surface area contributed by atoms with Gasteiger partial charge in [0, 0.05) is 30.5 Å². The van der Waals surface area contributed by atoms with Gasteiger partial charge in [0.25, 0.3) is 0 Å². The van der Waals surface area contributed by atoms with Gasteiger partial charge in [-0.15, -0.1) is 11.3 Å². The minimum absolute atomic E-state index is 0.0683. The maximum absolute atomic E-state index is 13.4. The Morgan fingerprint density at radius 3 is 2.89 bits per heavy atom. The molecule has 3 N–H and O–H groups in total. The van der Waals surface area contributed by atoms with Crippen LogP contribution in [0.1, 0.15) is 45.6 Å². The van der Waals surface area contributed by atoms with Crippen LogP contribution in [0.2, 0.25) is 0 Å². The van der Waals surface area contributed by atoms with E-state index in [-0.39, 0.29) is 17.7 Å². The molecule has 1 aliphatic carbocycles. The van der Waals surface area contributed by atoms with Crippen molar-refractivity contribution in [3.63, 3.8) is 0 Å². The third-order valence-electron chi connectivity index (χ3n) is 6.59. The van der Waals surface area contributed by atoms with Crippen molar-refractivity contribution in [2.45, 2.75) is 38.0 Å². The molecular formula is C25H24F3N5O3S2. The molecule has 200 valence electrons. The number of thiophene rings is 1. The third-order valence-corrected chi connectivity index (χ3v) is 7.94. The summed E-state index contributed by atoms with van der Waals surface area (Å²) in [6.45, 7) is 0.632. The molecule has 1 saturated carbocycles. The second kappa shape index (κ2) is 10.9. The predicted octanol–water partition coefficient (Wildman–Crippen LogP) is 4.93. The summed E-state index contributed by atoms with van der Waals surface area (Å²) in [6, 6.07) is 7.26. The topological polar surface area (TPSA) is 112 Å². The monoisotopic (exact) mass is 563 g/mol. The Kier molecular flexibility index (Phi) is 7.61. The number of carbonyl (C=O) groups is 1. The van der Waals surface area contributed by atoms with E-state index in [1.165, 1.54) is 29.9 Å². The first-order valence-corrected chi connectivity index (χ1v) is 13.8. The number of alkyl halides is 3. The van der Waals surface area contributed by atoms with Crippen molar-refractivity contribution in [1.29, 1.82) is 0 Å². The highest BCUT2D eigenvalue weighted by Crippen LogP contribution is 2.33. The lowest BCUT2D eigenvalue weighted by atomic mass is 10.1. The average Bonchev–Trinajstić information content (AvgIpc) is 3.63. The standard InChI is InChI=1S/C25H24F3N5O3S2/c26-25(27,28)18-3-2-17-5-6-33(21(17)9-18)11-16-8-22(37-13-16)23(34)20-10-30-14-31-24(20)32-19-4-1-15(7-19)12-36-38(29)35/h2-3,5-6,8-10,13-15,19H,1,4,7,11-12,29H2,(H,30,31,32). The van der Waals surface area contributed by atoms with E-state index in [1.54, 1.807) is 22.9 Å². The Balaban J connectivity index is 1.29. The zero-order valence-corrected chi connectivity index (χ0v) is 21.6. The number of nitrogens with one attached hydrogen (secondary N) is 1. The third kappa shape index (κ3) is 5.96. The van der Waals surface area contributed by atoms with Crippen LogP contribution in [0.4, 0.5) is 19.0 Å². The first-order valence-electron chi connectivity index (χ1n) is 11.8. The van der Waals surface area contributed by atoms with Crippen LogP contribution in [0, 0.1) is 5.92 Å². The lowest BCUT2D eigenvalue weighted by molar-refractivity contribution is -0.137. The van der Waals surface area contributed by atoms with Gasteiger partial charge in [-0.3, -0.25) is 8.98 Å². The van der Waals surface area contributed by atoms with Crippen molar-refractivity contribution >= 4 is 45.1 Å². The van der Waals surface area contributed by atoms with Crippen molar-refractivity contribution < 1.29 is 26.4 Å². The summed E-state index contributed by atoms with van der Waals surface area (Å²) < 4.78 is 57.3. The number of nitrogens with zero attached hydrogens (tertiary/aromatic N) is 3. The van der Waals surface area contributed by atoms with E-state index in [0.29, 0.717) is 40.3 Å². The number of rotatable bonds is 9.